The summed E-state index contributed by atoms with van der Waals surface area (Å²) in [5.74, 6) is -2.32. The molecule has 1 aliphatic carbocycles. The van der Waals surface area contributed by atoms with Gasteiger partial charge in [-0.3, -0.25) is 9.59 Å². The molecule has 2 aliphatic rings. The van der Waals surface area contributed by atoms with Crippen molar-refractivity contribution < 1.29 is 23.9 Å². The number of rotatable bonds is 5. The van der Waals surface area contributed by atoms with E-state index in [1.807, 2.05) is 24.3 Å². The number of esters is 1. The molecule has 1 fully saturated rings. The molecule has 5 rings (SSSR count). The monoisotopic (exact) mass is 521 g/mol. The Labute approximate surface area is 208 Å². The van der Waals surface area contributed by atoms with E-state index < -0.39 is 23.9 Å². The van der Waals surface area contributed by atoms with E-state index in [1.54, 1.807) is 19.9 Å². The van der Waals surface area contributed by atoms with Crippen molar-refractivity contribution in [2.75, 3.05) is 0 Å². The molecule has 2 amide bonds. The molecule has 2 aromatic heterocycles. The number of cyclic esters (lactones) is 1. The Balaban J connectivity index is 1.32. The number of nitrogens with one attached hydrogen (secondary N) is 3. The van der Waals surface area contributed by atoms with Crippen molar-refractivity contribution in [1.82, 2.24) is 15.6 Å². The third-order valence-corrected chi connectivity index (χ3v) is 7.82. The second-order valence-corrected chi connectivity index (χ2v) is 10.8. The fourth-order valence-corrected chi connectivity index (χ4v) is 5.92. The van der Waals surface area contributed by atoms with Crippen molar-refractivity contribution in [2.24, 2.45) is 0 Å². The molecular formula is C23H21Cl2N3O5S. The summed E-state index contributed by atoms with van der Waals surface area (Å²) in [5, 5.41) is 6.37. The molecule has 0 radical (unpaired) electrons. The molecular weight excluding hydrogens is 501 g/mol. The molecule has 34 heavy (non-hydrogen) atoms. The SMILES string of the molecule is CC1(C)OC(=O)[C@@H](CC(=O)N[C@H]2c3ccccc3C[C@H]2NC(=O)c2cc3sc(Cl)c(Cl)c3[nH]2)O1. The van der Waals surface area contributed by atoms with E-state index in [0.717, 1.165) is 15.8 Å². The van der Waals surface area contributed by atoms with Gasteiger partial charge in [-0.15, -0.1) is 11.3 Å². The summed E-state index contributed by atoms with van der Waals surface area (Å²) >= 11 is 13.5. The van der Waals surface area contributed by atoms with Gasteiger partial charge < -0.3 is 25.1 Å². The molecule has 8 nitrogen and oxygen atoms in total. The van der Waals surface area contributed by atoms with Crippen molar-refractivity contribution in [2.45, 2.75) is 50.7 Å². The Morgan fingerprint density at radius 3 is 2.71 bits per heavy atom. The summed E-state index contributed by atoms with van der Waals surface area (Å²) in [6.07, 6.45) is -0.597. The minimum absolute atomic E-state index is 0.173. The van der Waals surface area contributed by atoms with Gasteiger partial charge in [0.1, 0.15) is 10.0 Å². The standard InChI is InChI=1S/C23H21Cl2N3O5S/c1-23(2)32-14(22(31)33-23)9-16(29)28-18-11-6-4-3-5-10(11)7-12(18)27-21(30)13-8-15-19(26-13)17(24)20(25)34-15/h3-6,8,12,14,18,26H,7,9H2,1-2H3,(H,27,30)(H,28,29)/t12-,14-,18+/m1/s1. The zero-order valence-electron chi connectivity index (χ0n) is 18.2. The van der Waals surface area contributed by atoms with Gasteiger partial charge in [0.2, 0.25) is 11.7 Å². The van der Waals surface area contributed by atoms with Crippen LogP contribution in [0.4, 0.5) is 0 Å². The van der Waals surface area contributed by atoms with Crippen LogP contribution >= 0.6 is 34.5 Å². The fourth-order valence-electron chi connectivity index (χ4n) is 4.44. The average Bonchev–Trinajstić information content (AvgIpc) is 3.46. The van der Waals surface area contributed by atoms with Crippen LogP contribution in [-0.4, -0.2) is 40.7 Å². The van der Waals surface area contributed by atoms with E-state index >= 15 is 0 Å². The van der Waals surface area contributed by atoms with E-state index in [9.17, 15) is 14.4 Å². The molecule has 0 spiro atoms. The van der Waals surface area contributed by atoms with Gasteiger partial charge in [0.25, 0.3) is 5.91 Å². The molecule has 0 bridgehead atoms. The third kappa shape index (κ3) is 4.29. The summed E-state index contributed by atoms with van der Waals surface area (Å²) in [4.78, 5) is 40.9. The highest BCUT2D eigenvalue weighted by atomic mass is 35.5. The van der Waals surface area contributed by atoms with Gasteiger partial charge in [-0.05, 0) is 23.6 Å². The van der Waals surface area contributed by atoms with Crippen LogP contribution in [0.2, 0.25) is 9.36 Å². The largest absolute Gasteiger partial charge is 0.432 e. The predicted octanol–water partition coefficient (Wildman–Crippen LogP) is 4.12. The number of fused-ring (bicyclic) bond motifs is 2. The number of amides is 2. The molecule has 3 N–H and O–H groups in total. The van der Waals surface area contributed by atoms with Crippen molar-refractivity contribution in [1.29, 1.82) is 0 Å². The molecule has 3 heterocycles. The first-order valence-electron chi connectivity index (χ1n) is 10.7. The topological polar surface area (TPSA) is 110 Å². The second kappa shape index (κ2) is 8.57. The lowest BCUT2D eigenvalue weighted by molar-refractivity contribution is -0.160. The van der Waals surface area contributed by atoms with Crippen molar-refractivity contribution in [3.63, 3.8) is 0 Å². The van der Waals surface area contributed by atoms with E-state index in [4.69, 9.17) is 32.7 Å². The number of carbonyl (C=O) groups is 3. The number of thiophene rings is 1. The Bertz CT molecular complexity index is 1320. The Hall–Kier alpha value is -2.59. The van der Waals surface area contributed by atoms with Crippen LogP contribution in [0.5, 0.6) is 0 Å². The quantitative estimate of drug-likeness (QED) is 0.437. The smallest absolute Gasteiger partial charge is 0.338 e. The zero-order chi connectivity index (χ0) is 24.2. The maximum Gasteiger partial charge on any atom is 0.338 e. The highest BCUT2D eigenvalue weighted by Crippen LogP contribution is 2.39. The number of hydrogen-bond acceptors (Lipinski definition) is 6. The summed E-state index contributed by atoms with van der Waals surface area (Å²) < 4.78 is 11.9. The van der Waals surface area contributed by atoms with E-state index in [2.05, 4.69) is 15.6 Å². The van der Waals surface area contributed by atoms with Gasteiger partial charge >= 0.3 is 5.97 Å². The highest BCUT2D eigenvalue weighted by molar-refractivity contribution is 7.23. The number of H-pyrrole nitrogens is 1. The normalized spacial score (nSPS) is 23.1. The minimum atomic E-state index is -1.06. The lowest BCUT2D eigenvalue weighted by Crippen LogP contribution is -2.45. The highest BCUT2D eigenvalue weighted by Gasteiger charge is 2.43. The number of benzene rings is 1. The lowest BCUT2D eigenvalue weighted by atomic mass is 10.1. The predicted molar refractivity (Wildman–Crippen MR) is 128 cm³/mol. The van der Waals surface area contributed by atoms with Crippen LogP contribution in [0, 0.1) is 0 Å². The molecule has 1 aromatic carbocycles. The summed E-state index contributed by atoms with van der Waals surface area (Å²) in [6, 6.07) is 8.53. The molecule has 0 saturated carbocycles. The average molecular weight is 522 g/mol. The zero-order valence-corrected chi connectivity index (χ0v) is 20.6. The number of aromatic nitrogens is 1. The maximum atomic E-state index is 13.0. The molecule has 178 valence electrons. The molecule has 0 unspecified atom stereocenters. The Morgan fingerprint density at radius 1 is 1.24 bits per heavy atom. The van der Waals surface area contributed by atoms with E-state index in [1.165, 1.54) is 11.3 Å². The van der Waals surface area contributed by atoms with Gasteiger partial charge in [0, 0.05) is 13.8 Å². The summed E-state index contributed by atoms with van der Waals surface area (Å²) in [7, 11) is 0. The first-order valence-corrected chi connectivity index (χ1v) is 12.2. The second-order valence-electron chi connectivity index (χ2n) is 8.77. The van der Waals surface area contributed by atoms with Gasteiger partial charge in [-0.25, -0.2) is 4.79 Å². The Kier molecular flexibility index (Phi) is 5.84. The molecule has 3 atom stereocenters. The van der Waals surface area contributed by atoms with E-state index in [0.29, 0.717) is 27.0 Å². The Morgan fingerprint density at radius 2 is 2.00 bits per heavy atom. The van der Waals surface area contributed by atoms with Gasteiger partial charge in [-0.2, -0.15) is 0 Å². The molecule has 3 aromatic rings. The minimum Gasteiger partial charge on any atom is -0.432 e. The summed E-state index contributed by atoms with van der Waals surface area (Å²) in [6.45, 7) is 3.24. The van der Waals surface area contributed by atoms with Crippen molar-refractivity contribution in [3.05, 3.63) is 56.5 Å². The first kappa shape index (κ1) is 23.2. The number of ether oxygens (including phenoxy) is 2. The van der Waals surface area contributed by atoms with Crippen LogP contribution in [0.25, 0.3) is 10.2 Å². The van der Waals surface area contributed by atoms with Crippen molar-refractivity contribution in [3.8, 4) is 0 Å². The number of halogens is 2. The molecule has 1 saturated heterocycles. The van der Waals surface area contributed by atoms with Crippen molar-refractivity contribution >= 4 is 62.5 Å². The van der Waals surface area contributed by atoms with Gasteiger partial charge in [0.15, 0.2) is 6.10 Å². The number of hydrogen-bond donors (Lipinski definition) is 3. The van der Waals surface area contributed by atoms with Gasteiger partial charge in [0.05, 0.1) is 33.7 Å². The van der Waals surface area contributed by atoms with Crippen LogP contribution in [0.15, 0.2) is 30.3 Å². The van der Waals surface area contributed by atoms with Crippen LogP contribution in [-0.2, 0) is 25.5 Å². The first-order chi connectivity index (χ1) is 16.1. The molecule has 11 heteroatoms. The lowest BCUT2D eigenvalue weighted by Gasteiger charge is -2.23. The third-order valence-electron chi connectivity index (χ3n) is 5.89. The van der Waals surface area contributed by atoms with Gasteiger partial charge in [-0.1, -0.05) is 47.5 Å². The van der Waals surface area contributed by atoms with E-state index in [-0.39, 0.29) is 24.3 Å². The summed E-state index contributed by atoms with van der Waals surface area (Å²) in [5.41, 5.74) is 2.91. The van der Waals surface area contributed by atoms with Crippen LogP contribution < -0.4 is 10.6 Å². The fraction of sp³-hybridized carbons (Fsp3) is 0.348. The number of aromatic amines is 1. The number of carbonyl (C=O) groups excluding carboxylic acids is 3. The maximum absolute atomic E-state index is 13.0. The van der Waals surface area contributed by atoms with Crippen LogP contribution in [0.3, 0.4) is 0 Å². The molecule has 1 aliphatic heterocycles. The van der Waals surface area contributed by atoms with Crippen LogP contribution in [0.1, 0.15) is 47.9 Å².